The molecule has 9 heteroatoms. The molecule has 0 saturated carbocycles. The zero-order valence-corrected chi connectivity index (χ0v) is 23.7. The van der Waals surface area contributed by atoms with Gasteiger partial charge in [-0.3, -0.25) is 13.9 Å². The van der Waals surface area contributed by atoms with Crippen LogP contribution in [-0.4, -0.2) is 57.1 Å². The average Bonchev–Trinajstić information content (AvgIpc) is 2.93. The molecule has 0 radical (unpaired) electrons. The Bertz CT molecular complexity index is 1330. The summed E-state index contributed by atoms with van der Waals surface area (Å²) in [5, 5.41) is 3.02. The predicted molar refractivity (Wildman–Crippen MR) is 154 cm³/mol. The molecule has 2 atom stereocenters. The first kappa shape index (κ1) is 29.7. The third kappa shape index (κ3) is 8.32. The Kier molecular flexibility index (Phi) is 10.5. The van der Waals surface area contributed by atoms with Crippen LogP contribution >= 0.6 is 0 Å². The number of methoxy groups -OCH3 is 1. The van der Waals surface area contributed by atoms with Crippen LogP contribution in [0.2, 0.25) is 0 Å². The summed E-state index contributed by atoms with van der Waals surface area (Å²) in [7, 11) is -2.43. The first-order chi connectivity index (χ1) is 18.6. The van der Waals surface area contributed by atoms with E-state index in [1.54, 1.807) is 24.3 Å². The Balaban J connectivity index is 2.06. The van der Waals surface area contributed by atoms with E-state index in [2.05, 4.69) is 5.32 Å². The third-order valence-electron chi connectivity index (χ3n) is 6.50. The smallest absolute Gasteiger partial charge is 0.244 e. The Morgan fingerprint density at radius 2 is 1.46 bits per heavy atom. The van der Waals surface area contributed by atoms with Gasteiger partial charge in [0.1, 0.15) is 18.3 Å². The van der Waals surface area contributed by atoms with Crippen LogP contribution in [0.3, 0.4) is 0 Å². The number of amides is 2. The molecule has 0 saturated heterocycles. The van der Waals surface area contributed by atoms with Crippen LogP contribution in [0.5, 0.6) is 5.75 Å². The number of carbonyl (C=O) groups is 2. The van der Waals surface area contributed by atoms with E-state index >= 15 is 0 Å². The molecular weight excluding hydrogens is 514 g/mol. The van der Waals surface area contributed by atoms with Gasteiger partial charge in [0.05, 0.1) is 19.1 Å². The van der Waals surface area contributed by atoms with Gasteiger partial charge in [0.2, 0.25) is 21.8 Å². The molecule has 1 N–H and O–H groups in total. The molecule has 3 rings (SSSR count). The van der Waals surface area contributed by atoms with Gasteiger partial charge in [-0.15, -0.1) is 0 Å². The summed E-state index contributed by atoms with van der Waals surface area (Å²) in [6, 6.07) is 24.5. The highest BCUT2D eigenvalue weighted by Crippen LogP contribution is 2.30. The first-order valence-corrected chi connectivity index (χ1v) is 14.8. The molecule has 2 amide bonds. The van der Waals surface area contributed by atoms with E-state index < -0.39 is 28.5 Å². The number of ether oxygens (including phenoxy) is 1. The summed E-state index contributed by atoms with van der Waals surface area (Å²) in [6.07, 6.45) is 2.05. The molecule has 3 aromatic carbocycles. The average molecular weight is 552 g/mol. The summed E-state index contributed by atoms with van der Waals surface area (Å²) in [5.41, 5.74) is 1.96. The molecule has 0 fully saturated rings. The topological polar surface area (TPSA) is 96.0 Å². The monoisotopic (exact) mass is 551 g/mol. The quantitative estimate of drug-likeness (QED) is 0.346. The molecule has 0 aliphatic rings. The number of carbonyl (C=O) groups excluding carboxylic acids is 2. The van der Waals surface area contributed by atoms with Crippen molar-refractivity contribution >= 4 is 27.5 Å². The van der Waals surface area contributed by atoms with Crippen molar-refractivity contribution < 1.29 is 22.7 Å². The zero-order chi connectivity index (χ0) is 28.4. The standard InChI is InChI=1S/C30H37N3O5S/c1-5-23(2)31-30(35)27(20-24-14-8-6-9-15-24)32(21-25-16-10-7-11-17-25)29(34)22-33(39(4,36)37)26-18-12-13-19-28(26)38-3/h6-19,23,27H,5,20-22H2,1-4H3,(H,31,35)/t23-,27+/m1/s1. The number of sulfonamides is 1. The van der Waals surface area contributed by atoms with Crippen LogP contribution in [0.1, 0.15) is 31.4 Å². The van der Waals surface area contributed by atoms with Gasteiger partial charge in [-0.2, -0.15) is 0 Å². The Morgan fingerprint density at radius 3 is 2.03 bits per heavy atom. The third-order valence-corrected chi connectivity index (χ3v) is 7.63. The lowest BCUT2D eigenvalue weighted by Gasteiger charge is -2.34. The summed E-state index contributed by atoms with van der Waals surface area (Å²) < 4.78 is 32.2. The van der Waals surface area contributed by atoms with E-state index in [1.165, 1.54) is 12.0 Å². The van der Waals surface area contributed by atoms with Crippen molar-refractivity contribution in [1.29, 1.82) is 0 Å². The minimum absolute atomic E-state index is 0.0921. The minimum atomic E-state index is -3.87. The van der Waals surface area contributed by atoms with E-state index in [1.807, 2.05) is 74.5 Å². The number of para-hydroxylation sites is 2. The lowest BCUT2D eigenvalue weighted by molar-refractivity contribution is -0.140. The number of nitrogens with one attached hydrogen (secondary N) is 1. The molecule has 0 unspecified atom stereocenters. The maximum Gasteiger partial charge on any atom is 0.244 e. The molecule has 0 spiro atoms. The second-order valence-electron chi connectivity index (χ2n) is 9.47. The van der Waals surface area contributed by atoms with E-state index in [9.17, 15) is 18.0 Å². The van der Waals surface area contributed by atoms with Crippen molar-refractivity contribution in [2.75, 3.05) is 24.2 Å². The lowest BCUT2D eigenvalue weighted by atomic mass is 10.0. The molecule has 0 aromatic heterocycles. The highest BCUT2D eigenvalue weighted by atomic mass is 32.2. The zero-order valence-electron chi connectivity index (χ0n) is 22.9. The van der Waals surface area contributed by atoms with Crippen molar-refractivity contribution in [2.45, 2.75) is 45.3 Å². The van der Waals surface area contributed by atoms with Crippen molar-refractivity contribution in [2.24, 2.45) is 0 Å². The molecule has 208 valence electrons. The summed E-state index contributed by atoms with van der Waals surface area (Å²) in [4.78, 5) is 29.2. The molecule has 39 heavy (non-hydrogen) atoms. The van der Waals surface area contributed by atoms with Crippen LogP contribution in [0, 0.1) is 0 Å². The van der Waals surface area contributed by atoms with Gasteiger partial charge in [0.15, 0.2) is 0 Å². The Labute approximate surface area is 231 Å². The number of anilines is 1. The Morgan fingerprint density at radius 1 is 0.897 bits per heavy atom. The molecule has 0 aliphatic heterocycles. The summed E-state index contributed by atoms with van der Waals surface area (Å²) in [5.74, 6) is -0.475. The van der Waals surface area contributed by atoms with Crippen LogP contribution < -0.4 is 14.4 Å². The number of hydrogen-bond donors (Lipinski definition) is 1. The number of nitrogens with zero attached hydrogens (tertiary/aromatic N) is 2. The van der Waals surface area contributed by atoms with Gasteiger partial charge in [-0.05, 0) is 36.6 Å². The normalized spacial score (nSPS) is 12.7. The highest BCUT2D eigenvalue weighted by molar-refractivity contribution is 7.92. The van der Waals surface area contributed by atoms with Gasteiger partial charge < -0.3 is 15.0 Å². The summed E-state index contributed by atoms with van der Waals surface area (Å²) in [6.45, 7) is 3.53. The van der Waals surface area contributed by atoms with Crippen LogP contribution in [0.4, 0.5) is 5.69 Å². The van der Waals surface area contributed by atoms with E-state index in [0.29, 0.717) is 5.75 Å². The van der Waals surface area contributed by atoms with Crippen LogP contribution in [-0.2, 0) is 32.6 Å². The van der Waals surface area contributed by atoms with Crippen molar-refractivity contribution in [3.63, 3.8) is 0 Å². The highest BCUT2D eigenvalue weighted by Gasteiger charge is 2.34. The molecule has 0 aliphatic carbocycles. The predicted octanol–water partition coefficient (Wildman–Crippen LogP) is 4.02. The molecule has 3 aromatic rings. The van der Waals surface area contributed by atoms with Gasteiger partial charge in [0.25, 0.3) is 0 Å². The fraction of sp³-hybridized carbons (Fsp3) is 0.333. The van der Waals surface area contributed by atoms with Crippen molar-refractivity contribution in [3.05, 3.63) is 96.1 Å². The molecule has 0 heterocycles. The second kappa shape index (κ2) is 13.8. The minimum Gasteiger partial charge on any atom is -0.495 e. The molecular formula is C30H37N3O5S. The van der Waals surface area contributed by atoms with Gasteiger partial charge >= 0.3 is 0 Å². The van der Waals surface area contributed by atoms with Gasteiger partial charge in [-0.25, -0.2) is 8.42 Å². The molecule has 8 nitrogen and oxygen atoms in total. The van der Waals surface area contributed by atoms with Gasteiger partial charge in [-0.1, -0.05) is 79.7 Å². The number of benzene rings is 3. The Hall–Kier alpha value is -3.85. The number of rotatable bonds is 13. The maximum atomic E-state index is 14.1. The lowest BCUT2D eigenvalue weighted by Crippen LogP contribution is -2.54. The fourth-order valence-electron chi connectivity index (χ4n) is 4.21. The summed E-state index contributed by atoms with van der Waals surface area (Å²) >= 11 is 0. The second-order valence-corrected chi connectivity index (χ2v) is 11.4. The first-order valence-electron chi connectivity index (χ1n) is 12.9. The molecule has 0 bridgehead atoms. The van der Waals surface area contributed by atoms with E-state index in [4.69, 9.17) is 4.74 Å². The number of hydrogen-bond acceptors (Lipinski definition) is 5. The van der Waals surface area contributed by atoms with Gasteiger partial charge in [0, 0.05) is 19.0 Å². The maximum absolute atomic E-state index is 14.1. The largest absolute Gasteiger partial charge is 0.495 e. The van der Waals surface area contributed by atoms with Crippen molar-refractivity contribution in [1.82, 2.24) is 10.2 Å². The van der Waals surface area contributed by atoms with E-state index in [-0.39, 0.29) is 30.6 Å². The van der Waals surface area contributed by atoms with E-state index in [0.717, 1.165) is 28.1 Å². The fourth-order valence-corrected chi connectivity index (χ4v) is 5.06. The van der Waals surface area contributed by atoms with Crippen molar-refractivity contribution in [3.8, 4) is 5.75 Å². The SMILES string of the molecule is CC[C@@H](C)NC(=O)[C@H](Cc1ccccc1)N(Cc1ccccc1)C(=O)CN(c1ccccc1OC)S(C)(=O)=O. The van der Waals surface area contributed by atoms with Crippen LogP contribution in [0.15, 0.2) is 84.9 Å². The van der Waals surface area contributed by atoms with Crippen LogP contribution in [0.25, 0.3) is 0 Å².